The maximum Gasteiger partial charge on any atom is 0.409 e. The van der Waals surface area contributed by atoms with Gasteiger partial charge in [0.25, 0.3) is 5.88 Å². The van der Waals surface area contributed by atoms with E-state index in [4.69, 9.17) is 9.47 Å². The number of hydrogen-bond acceptors (Lipinski definition) is 5. The molecule has 0 aromatic carbocycles. The van der Waals surface area contributed by atoms with Gasteiger partial charge in [-0.2, -0.15) is 9.37 Å². The molecule has 1 saturated heterocycles. The highest BCUT2D eigenvalue weighted by Crippen LogP contribution is 2.21. The number of halogens is 1. The molecule has 0 saturated carbocycles. The van der Waals surface area contributed by atoms with Crippen LogP contribution >= 0.6 is 0 Å². The quantitative estimate of drug-likeness (QED) is 0.843. The largest absolute Gasteiger partial charge is 0.470 e. The fraction of sp³-hybridized carbons (Fsp3) is 0.615. The molecule has 1 amide bonds. The molecule has 1 fully saturated rings. The Hall–Kier alpha value is -1.92. The van der Waals surface area contributed by atoms with Gasteiger partial charge >= 0.3 is 6.09 Å². The minimum atomic E-state index is -0.524. The van der Waals surface area contributed by atoms with Gasteiger partial charge in [0.1, 0.15) is 12.4 Å². The minimum Gasteiger partial charge on any atom is -0.470 e. The molecule has 1 aromatic rings. The van der Waals surface area contributed by atoms with E-state index in [9.17, 15) is 9.18 Å². The van der Waals surface area contributed by atoms with Crippen LogP contribution in [0, 0.1) is 5.82 Å². The van der Waals surface area contributed by atoms with Crippen LogP contribution in [0.15, 0.2) is 6.33 Å². The maximum absolute atomic E-state index is 13.9. The molecule has 1 atom stereocenters. The summed E-state index contributed by atoms with van der Waals surface area (Å²) in [6, 6.07) is 0. The summed E-state index contributed by atoms with van der Waals surface area (Å²) in [6.45, 7) is 4.82. The van der Waals surface area contributed by atoms with Crippen molar-refractivity contribution in [3.05, 3.63) is 17.8 Å². The Kier molecular flexibility index (Phi) is 4.70. The summed E-state index contributed by atoms with van der Waals surface area (Å²) in [5.74, 6) is -0.572. The highest BCUT2D eigenvalue weighted by Gasteiger charge is 2.29. The van der Waals surface area contributed by atoms with Crippen molar-refractivity contribution in [3.8, 4) is 5.88 Å². The van der Waals surface area contributed by atoms with Crippen LogP contribution in [0.5, 0.6) is 5.88 Å². The zero-order valence-corrected chi connectivity index (χ0v) is 11.6. The Balaban J connectivity index is 1.97. The van der Waals surface area contributed by atoms with Crippen molar-refractivity contribution in [2.24, 2.45) is 0 Å². The van der Waals surface area contributed by atoms with Crippen LogP contribution in [-0.2, 0) is 11.2 Å². The number of amides is 1. The lowest BCUT2D eigenvalue weighted by Gasteiger charge is -2.16. The molecule has 0 bridgehead atoms. The average molecular weight is 283 g/mol. The van der Waals surface area contributed by atoms with E-state index in [2.05, 4.69) is 9.97 Å². The number of aromatic nitrogens is 2. The van der Waals surface area contributed by atoms with Gasteiger partial charge in [-0.15, -0.1) is 0 Å². The summed E-state index contributed by atoms with van der Waals surface area (Å²) in [4.78, 5) is 20.8. The second-order valence-corrected chi connectivity index (χ2v) is 4.47. The van der Waals surface area contributed by atoms with Gasteiger partial charge in [-0.25, -0.2) is 9.78 Å². The first-order chi connectivity index (χ1) is 9.65. The van der Waals surface area contributed by atoms with E-state index >= 15 is 0 Å². The lowest BCUT2D eigenvalue weighted by Crippen LogP contribution is -2.31. The highest BCUT2D eigenvalue weighted by atomic mass is 19.1. The van der Waals surface area contributed by atoms with Crippen LogP contribution in [0.1, 0.15) is 26.0 Å². The van der Waals surface area contributed by atoms with Crippen molar-refractivity contribution >= 4 is 6.09 Å². The summed E-state index contributed by atoms with van der Waals surface area (Å²) >= 11 is 0. The molecule has 110 valence electrons. The summed E-state index contributed by atoms with van der Waals surface area (Å²) in [5.41, 5.74) is 0.329. The van der Waals surface area contributed by atoms with Gasteiger partial charge in [0.15, 0.2) is 0 Å². The molecule has 0 N–H and O–H groups in total. The first-order valence-corrected chi connectivity index (χ1v) is 6.73. The van der Waals surface area contributed by atoms with Crippen molar-refractivity contribution < 1.29 is 18.7 Å². The monoisotopic (exact) mass is 283 g/mol. The SMILES string of the molecule is CCOC(=O)N1CC[C@@H](Oc2ncnc(CC)c2F)C1. The number of hydrogen-bond donors (Lipinski definition) is 0. The molecule has 0 aliphatic carbocycles. The summed E-state index contributed by atoms with van der Waals surface area (Å²) in [7, 11) is 0. The number of ether oxygens (including phenoxy) is 2. The van der Waals surface area contributed by atoms with Gasteiger partial charge in [0.2, 0.25) is 5.82 Å². The second-order valence-electron chi connectivity index (χ2n) is 4.47. The standard InChI is InChI=1S/C13H18FN3O3/c1-3-10-11(14)12(16-8-15-10)20-9-5-6-17(7-9)13(18)19-4-2/h8-9H,3-7H2,1-2H3/t9-/m1/s1. The Morgan fingerprint density at radius 2 is 2.30 bits per heavy atom. The zero-order chi connectivity index (χ0) is 14.5. The van der Waals surface area contributed by atoms with E-state index in [-0.39, 0.29) is 18.1 Å². The van der Waals surface area contributed by atoms with Crippen molar-refractivity contribution in [2.45, 2.75) is 32.8 Å². The van der Waals surface area contributed by atoms with Crippen LogP contribution in [-0.4, -0.2) is 46.8 Å². The van der Waals surface area contributed by atoms with Gasteiger partial charge in [-0.3, -0.25) is 0 Å². The molecule has 6 nitrogen and oxygen atoms in total. The number of carbonyl (C=O) groups is 1. The maximum atomic E-state index is 13.9. The summed E-state index contributed by atoms with van der Waals surface area (Å²) < 4.78 is 24.4. The smallest absolute Gasteiger partial charge is 0.409 e. The van der Waals surface area contributed by atoms with E-state index in [1.54, 1.807) is 11.8 Å². The normalized spacial score (nSPS) is 18.1. The molecule has 0 radical (unpaired) electrons. The molecule has 2 heterocycles. The summed E-state index contributed by atoms with van der Waals surface area (Å²) in [6.07, 6.45) is 1.76. The summed E-state index contributed by atoms with van der Waals surface area (Å²) in [5, 5.41) is 0. The fourth-order valence-electron chi connectivity index (χ4n) is 2.08. The van der Waals surface area contributed by atoms with E-state index in [0.717, 1.165) is 0 Å². The van der Waals surface area contributed by atoms with Crippen LogP contribution in [0.4, 0.5) is 9.18 Å². The Morgan fingerprint density at radius 1 is 1.50 bits per heavy atom. The van der Waals surface area contributed by atoms with Gasteiger partial charge < -0.3 is 14.4 Å². The molecule has 2 rings (SSSR count). The number of carbonyl (C=O) groups excluding carboxylic acids is 1. The van der Waals surface area contributed by atoms with Gasteiger partial charge in [-0.1, -0.05) is 6.92 Å². The molecule has 0 spiro atoms. The number of likely N-dealkylation sites (tertiary alicyclic amines) is 1. The molecule has 1 aliphatic heterocycles. The van der Waals surface area contributed by atoms with Crippen molar-refractivity contribution in [3.63, 3.8) is 0 Å². The van der Waals surface area contributed by atoms with Crippen molar-refractivity contribution in [1.82, 2.24) is 14.9 Å². The van der Waals surface area contributed by atoms with Crippen molar-refractivity contribution in [1.29, 1.82) is 0 Å². The third-order valence-electron chi connectivity index (χ3n) is 3.11. The van der Waals surface area contributed by atoms with Crippen LogP contribution in [0.2, 0.25) is 0 Å². The molecule has 7 heteroatoms. The Morgan fingerprint density at radius 3 is 3.00 bits per heavy atom. The van der Waals surface area contributed by atoms with E-state index in [1.807, 2.05) is 6.92 Å². The molecule has 1 aliphatic rings. The van der Waals surface area contributed by atoms with Gasteiger partial charge in [-0.05, 0) is 13.3 Å². The number of rotatable bonds is 4. The molecular weight excluding hydrogens is 265 g/mol. The highest BCUT2D eigenvalue weighted by molar-refractivity contribution is 5.67. The van der Waals surface area contributed by atoms with Crippen LogP contribution in [0.3, 0.4) is 0 Å². The number of aryl methyl sites for hydroxylation is 1. The molecule has 0 unspecified atom stereocenters. The predicted octanol–water partition coefficient (Wildman–Crippen LogP) is 1.79. The Labute approximate surface area is 116 Å². The van der Waals surface area contributed by atoms with Crippen molar-refractivity contribution in [2.75, 3.05) is 19.7 Å². The average Bonchev–Trinajstić information content (AvgIpc) is 2.90. The predicted molar refractivity (Wildman–Crippen MR) is 69.0 cm³/mol. The third kappa shape index (κ3) is 3.15. The van der Waals surface area contributed by atoms with E-state index in [0.29, 0.717) is 38.2 Å². The molecule has 1 aromatic heterocycles. The minimum absolute atomic E-state index is 0.0486. The van der Waals surface area contributed by atoms with E-state index < -0.39 is 5.82 Å². The lowest BCUT2D eigenvalue weighted by molar-refractivity contribution is 0.109. The molecular formula is C13H18FN3O3. The van der Waals surface area contributed by atoms with Gasteiger partial charge in [0.05, 0.1) is 18.8 Å². The fourth-order valence-corrected chi connectivity index (χ4v) is 2.08. The third-order valence-corrected chi connectivity index (χ3v) is 3.11. The van der Waals surface area contributed by atoms with Gasteiger partial charge in [0, 0.05) is 13.0 Å². The molecule has 20 heavy (non-hydrogen) atoms. The van der Waals surface area contributed by atoms with Crippen LogP contribution in [0.25, 0.3) is 0 Å². The first kappa shape index (κ1) is 14.5. The topological polar surface area (TPSA) is 64.5 Å². The lowest BCUT2D eigenvalue weighted by atomic mass is 10.3. The zero-order valence-electron chi connectivity index (χ0n) is 11.6. The van der Waals surface area contributed by atoms with E-state index in [1.165, 1.54) is 6.33 Å². The second kappa shape index (κ2) is 6.49. The number of nitrogens with zero attached hydrogens (tertiary/aromatic N) is 3. The first-order valence-electron chi connectivity index (χ1n) is 6.73. The van der Waals surface area contributed by atoms with Crippen LogP contribution < -0.4 is 4.74 Å². The Bertz CT molecular complexity index is 484.